The van der Waals surface area contributed by atoms with Crippen molar-refractivity contribution in [1.82, 2.24) is 0 Å². The van der Waals surface area contributed by atoms with Gasteiger partial charge in [0.25, 0.3) is 0 Å². The molecule has 1 spiro atoms. The normalized spacial score (nSPS) is 17.9. The van der Waals surface area contributed by atoms with Gasteiger partial charge in [0.15, 0.2) is 0 Å². The van der Waals surface area contributed by atoms with Crippen LogP contribution in [0.3, 0.4) is 0 Å². The fourth-order valence-corrected chi connectivity index (χ4v) is 4.73. The van der Waals surface area contributed by atoms with E-state index in [1.807, 2.05) is 6.07 Å². The molecule has 2 aromatic carbocycles. The number of fused-ring (bicyclic) bond motifs is 2. The van der Waals surface area contributed by atoms with Crippen molar-refractivity contribution in [2.24, 2.45) is 0 Å². The lowest BCUT2D eigenvalue weighted by Crippen LogP contribution is -2.29. The Morgan fingerprint density at radius 1 is 1.08 bits per heavy atom. The Bertz CT molecular complexity index is 860. The molecule has 0 heterocycles. The van der Waals surface area contributed by atoms with Crippen molar-refractivity contribution in [2.75, 3.05) is 7.11 Å². The molecule has 0 bridgehead atoms. The Labute approximate surface area is 153 Å². The van der Waals surface area contributed by atoms with Crippen molar-refractivity contribution in [3.63, 3.8) is 0 Å². The van der Waals surface area contributed by atoms with Crippen molar-refractivity contribution < 1.29 is 9.53 Å². The molecule has 0 aliphatic heterocycles. The summed E-state index contributed by atoms with van der Waals surface area (Å²) in [7, 11) is 1.43. The molecule has 2 aliphatic carbocycles. The average molecular weight is 353 g/mol. The van der Waals surface area contributed by atoms with E-state index in [4.69, 9.17) is 16.3 Å². The highest BCUT2D eigenvalue weighted by Gasteiger charge is 2.43. The van der Waals surface area contributed by atoms with Crippen molar-refractivity contribution >= 4 is 29.2 Å². The molecule has 1 saturated carbocycles. The summed E-state index contributed by atoms with van der Waals surface area (Å²) in [6.07, 6.45) is 8.17. The Morgan fingerprint density at radius 3 is 2.60 bits per heavy atom. The van der Waals surface area contributed by atoms with Gasteiger partial charge in [0.2, 0.25) is 0 Å². The molecule has 0 radical (unpaired) electrons. The van der Waals surface area contributed by atoms with Crippen molar-refractivity contribution in [2.45, 2.75) is 37.5 Å². The van der Waals surface area contributed by atoms with Crippen molar-refractivity contribution in [1.29, 1.82) is 0 Å². The Kier molecular flexibility index (Phi) is 4.16. The molecule has 1 fully saturated rings. The molecule has 0 N–H and O–H groups in total. The van der Waals surface area contributed by atoms with Gasteiger partial charge >= 0.3 is 5.97 Å². The molecular weight excluding hydrogens is 332 g/mol. The van der Waals surface area contributed by atoms with Crippen molar-refractivity contribution in [3.8, 4) is 0 Å². The highest BCUT2D eigenvalue weighted by Crippen LogP contribution is 2.55. The maximum absolute atomic E-state index is 12.4. The Balaban J connectivity index is 1.93. The summed E-state index contributed by atoms with van der Waals surface area (Å²) < 4.78 is 5.02. The summed E-state index contributed by atoms with van der Waals surface area (Å²) in [6, 6.07) is 14.1. The second-order valence-corrected chi connectivity index (χ2v) is 7.41. The molecule has 0 amide bonds. The zero-order chi connectivity index (χ0) is 17.4. The van der Waals surface area contributed by atoms with E-state index in [-0.39, 0.29) is 11.4 Å². The quantitative estimate of drug-likeness (QED) is 0.630. The first-order valence-electron chi connectivity index (χ1n) is 8.86. The minimum Gasteiger partial charge on any atom is -0.465 e. The average Bonchev–Trinajstić information content (AvgIpc) is 2.96. The van der Waals surface area contributed by atoms with E-state index in [0.29, 0.717) is 10.6 Å². The van der Waals surface area contributed by atoms with E-state index in [1.165, 1.54) is 43.1 Å². The molecule has 0 unspecified atom stereocenters. The smallest absolute Gasteiger partial charge is 0.338 e. The minimum atomic E-state index is -0.311. The third-order valence-corrected chi connectivity index (χ3v) is 5.91. The summed E-state index contributed by atoms with van der Waals surface area (Å²) in [4.78, 5) is 12.4. The molecule has 25 heavy (non-hydrogen) atoms. The van der Waals surface area contributed by atoms with E-state index in [9.17, 15) is 4.79 Å². The fraction of sp³-hybridized carbons (Fsp3) is 0.318. The van der Waals surface area contributed by atoms with Gasteiger partial charge in [0, 0.05) is 10.4 Å². The first kappa shape index (κ1) is 16.4. The topological polar surface area (TPSA) is 26.3 Å². The lowest BCUT2D eigenvalue weighted by molar-refractivity contribution is 0.0600. The van der Waals surface area contributed by atoms with E-state index in [2.05, 4.69) is 30.3 Å². The van der Waals surface area contributed by atoms with Crippen molar-refractivity contribution in [3.05, 3.63) is 69.7 Å². The minimum absolute atomic E-state index is 0.0116. The highest BCUT2D eigenvalue weighted by atomic mass is 35.5. The summed E-state index contributed by atoms with van der Waals surface area (Å²) in [6.45, 7) is 0. The number of hydrogen-bond donors (Lipinski definition) is 0. The van der Waals surface area contributed by atoms with Crippen LogP contribution < -0.4 is 0 Å². The predicted octanol–water partition coefficient (Wildman–Crippen LogP) is 5.88. The van der Waals surface area contributed by atoms with Crippen LogP contribution in [-0.4, -0.2) is 13.1 Å². The van der Waals surface area contributed by atoms with Crippen LogP contribution in [-0.2, 0) is 10.2 Å². The van der Waals surface area contributed by atoms with Gasteiger partial charge in [-0.15, -0.1) is 0 Å². The largest absolute Gasteiger partial charge is 0.465 e. The van der Waals surface area contributed by atoms with E-state index in [1.54, 1.807) is 12.1 Å². The molecule has 2 aliphatic rings. The molecule has 0 aromatic heterocycles. The highest BCUT2D eigenvalue weighted by molar-refractivity contribution is 6.31. The van der Waals surface area contributed by atoms with E-state index >= 15 is 0 Å². The second-order valence-electron chi connectivity index (χ2n) is 6.97. The third kappa shape index (κ3) is 2.60. The van der Waals surface area contributed by atoms with Crippen LogP contribution in [0.15, 0.2) is 42.5 Å². The maximum Gasteiger partial charge on any atom is 0.338 e. The molecule has 2 aromatic rings. The molecule has 2 nitrogen and oxygen atoms in total. The number of rotatable bonds is 2. The molecule has 128 valence electrons. The molecule has 3 heteroatoms. The summed E-state index contributed by atoms with van der Waals surface area (Å²) in [5.41, 5.74) is 5.36. The lowest BCUT2D eigenvalue weighted by Gasteiger charge is -2.38. The van der Waals surface area contributed by atoms with Crippen LogP contribution in [0.5, 0.6) is 0 Å². The number of carbonyl (C=O) groups is 1. The number of carbonyl (C=O) groups excluding carboxylic acids is 1. The third-order valence-electron chi connectivity index (χ3n) is 5.68. The van der Waals surface area contributed by atoms with Gasteiger partial charge in [-0.05, 0) is 59.4 Å². The maximum atomic E-state index is 12.4. The van der Waals surface area contributed by atoms with Gasteiger partial charge < -0.3 is 4.74 Å². The Morgan fingerprint density at radius 2 is 1.84 bits per heavy atom. The van der Waals surface area contributed by atoms with Gasteiger partial charge in [-0.2, -0.15) is 0 Å². The van der Waals surface area contributed by atoms with Crippen LogP contribution in [0.2, 0.25) is 5.02 Å². The number of halogens is 1. The number of ether oxygens (including phenoxy) is 1. The second kappa shape index (κ2) is 6.34. The molecular formula is C22H21ClO2. The standard InChI is InChI=1S/C22H21ClO2/c1-25-21(24)17-10-9-16(23)14-18(17)20-13-15-7-3-4-8-19(15)22(20)11-5-2-6-12-22/h3-4,7-10,13-14H,2,5-6,11-12H2,1H3. The number of esters is 1. The monoisotopic (exact) mass is 352 g/mol. The number of methoxy groups -OCH3 is 1. The zero-order valence-corrected chi connectivity index (χ0v) is 15.1. The molecule has 0 atom stereocenters. The summed E-state index contributed by atoms with van der Waals surface area (Å²) in [5, 5.41) is 0.644. The van der Waals surface area contributed by atoms with E-state index < -0.39 is 0 Å². The van der Waals surface area contributed by atoms with Gasteiger partial charge in [-0.25, -0.2) is 4.79 Å². The Hall–Kier alpha value is -2.06. The fourth-order valence-electron chi connectivity index (χ4n) is 4.55. The lowest BCUT2D eigenvalue weighted by atomic mass is 9.65. The van der Waals surface area contributed by atoms with Crippen LogP contribution in [0.1, 0.15) is 59.2 Å². The van der Waals surface area contributed by atoms with Gasteiger partial charge in [-0.3, -0.25) is 0 Å². The van der Waals surface area contributed by atoms with Gasteiger partial charge in [0.05, 0.1) is 12.7 Å². The molecule has 0 saturated heterocycles. The number of hydrogen-bond acceptors (Lipinski definition) is 2. The number of allylic oxidation sites excluding steroid dienone is 1. The SMILES string of the molecule is COC(=O)c1ccc(Cl)cc1C1=Cc2ccccc2C12CCCCC2. The van der Waals surface area contributed by atoms with Gasteiger partial charge in [-0.1, -0.05) is 55.1 Å². The van der Waals surface area contributed by atoms with Gasteiger partial charge in [0.1, 0.15) is 0 Å². The van der Waals surface area contributed by atoms with Crippen LogP contribution in [0.25, 0.3) is 11.6 Å². The van der Waals surface area contributed by atoms with E-state index in [0.717, 1.165) is 18.4 Å². The van der Waals surface area contributed by atoms with Crippen LogP contribution in [0.4, 0.5) is 0 Å². The first-order chi connectivity index (χ1) is 12.2. The zero-order valence-electron chi connectivity index (χ0n) is 14.3. The van der Waals surface area contributed by atoms with Crippen LogP contribution >= 0.6 is 11.6 Å². The summed E-state index contributed by atoms with van der Waals surface area (Å²) in [5.74, 6) is -0.311. The summed E-state index contributed by atoms with van der Waals surface area (Å²) >= 11 is 6.30. The predicted molar refractivity (Wildman–Crippen MR) is 102 cm³/mol. The number of benzene rings is 2. The molecule has 4 rings (SSSR count). The first-order valence-corrected chi connectivity index (χ1v) is 9.23. The van der Waals surface area contributed by atoms with Crippen LogP contribution in [0, 0.1) is 0 Å².